The first-order chi connectivity index (χ1) is 11.4. The zero-order valence-corrected chi connectivity index (χ0v) is 14.0. The maximum Gasteiger partial charge on any atom is 0.269 e. The van der Waals surface area contributed by atoms with E-state index in [2.05, 4.69) is 5.32 Å². The normalized spacial score (nSPS) is 16.5. The van der Waals surface area contributed by atoms with Crippen LogP contribution in [-0.2, 0) is 4.79 Å². The topological polar surface area (TPSA) is 92.6 Å². The number of nitrogens with one attached hydrogen (secondary N) is 1. The Morgan fingerprint density at radius 1 is 1.29 bits per heavy atom. The minimum absolute atomic E-state index is 0.0352. The van der Waals surface area contributed by atoms with Crippen LogP contribution in [0.2, 0.25) is 0 Å². The SMILES string of the molecule is CCC(C)NC(=O)C1CCN(C(=O)c2ccc([N+](=O)[O-])cc2)CC1. The lowest BCUT2D eigenvalue weighted by Crippen LogP contribution is -2.44. The number of rotatable bonds is 5. The molecule has 7 nitrogen and oxygen atoms in total. The van der Waals surface area contributed by atoms with Crippen molar-refractivity contribution in [3.05, 3.63) is 39.9 Å². The first kappa shape index (κ1) is 17.9. The number of benzene rings is 1. The van der Waals surface area contributed by atoms with Crippen LogP contribution in [0.15, 0.2) is 24.3 Å². The Morgan fingerprint density at radius 3 is 2.38 bits per heavy atom. The number of amides is 2. The van der Waals surface area contributed by atoms with E-state index in [0.717, 1.165) is 6.42 Å². The molecule has 2 rings (SSSR count). The van der Waals surface area contributed by atoms with Crippen LogP contribution in [0.3, 0.4) is 0 Å². The van der Waals surface area contributed by atoms with Gasteiger partial charge in [-0.25, -0.2) is 0 Å². The van der Waals surface area contributed by atoms with E-state index in [4.69, 9.17) is 0 Å². The number of hydrogen-bond acceptors (Lipinski definition) is 4. The van der Waals surface area contributed by atoms with E-state index >= 15 is 0 Å². The lowest BCUT2D eigenvalue weighted by atomic mass is 9.95. The van der Waals surface area contributed by atoms with Crippen molar-refractivity contribution < 1.29 is 14.5 Å². The quantitative estimate of drug-likeness (QED) is 0.661. The summed E-state index contributed by atoms with van der Waals surface area (Å²) in [6.45, 7) is 5.05. The summed E-state index contributed by atoms with van der Waals surface area (Å²) in [6.07, 6.45) is 2.17. The van der Waals surface area contributed by atoms with Crippen molar-refractivity contribution in [3.63, 3.8) is 0 Å². The molecule has 1 aliphatic heterocycles. The van der Waals surface area contributed by atoms with Gasteiger partial charge in [-0.3, -0.25) is 19.7 Å². The summed E-state index contributed by atoms with van der Waals surface area (Å²) in [5.41, 5.74) is 0.398. The largest absolute Gasteiger partial charge is 0.353 e. The minimum atomic E-state index is -0.490. The maximum atomic E-state index is 12.4. The third-order valence-corrected chi connectivity index (χ3v) is 4.48. The molecule has 0 radical (unpaired) electrons. The number of carbonyl (C=O) groups is 2. The fraction of sp³-hybridized carbons (Fsp3) is 0.529. The molecule has 1 heterocycles. The van der Waals surface area contributed by atoms with Crippen LogP contribution in [0.4, 0.5) is 5.69 Å². The van der Waals surface area contributed by atoms with Crippen molar-refractivity contribution in [2.75, 3.05) is 13.1 Å². The van der Waals surface area contributed by atoms with Crippen LogP contribution in [0.5, 0.6) is 0 Å². The highest BCUT2D eigenvalue weighted by Gasteiger charge is 2.28. The Bertz CT molecular complexity index is 607. The van der Waals surface area contributed by atoms with Gasteiger partial charge >= 0.3 is 0 Å². The molecule has 0 saturated carbocycles. The fourth-order valence-electron chi connectivity index (χ4n) is 2.72. The summed E-state index contributed by atoms with van der Waals surface area (Å²) in [7, 11) is 0. The molecule has 24 heavy (non-hydrogen) atoms. The second kappa shape index (κ2) is 7.90. The molecule has 1 atom stereocenters. The van der Waals surface area contributed by atoms with Crippen LogP contribution < -0.4 is 5.32 Å². The lowest BCUT2D eigenvalue weighted by molar-refractivity contribution is -0.384. The summed E-state index contributed by atoms with van der Waals surface area (Å²) in [5, 5.41) is 13.6. The Kier molecular flexibility index (Phi) is 5.89. The third-order valence-electron chi connectivity index (χ3n) is 4.48. The summed E-state index contributed by atoms with van der Waals surface area (Å²) >= 11 is 0. The smallest absolute Gasteiger partial charge is 0.269 e. The first-order valence-corrected chi connectivity index (χ1v) is 8.26. The highest BCUT2D eigenvalue weighted by atomic mass is 16.6. The zero-order valence-electron chi connectivity index (χ0n) is 14.0. The standard InChI is InChI=1S/C17H23N3O4/c1-3-12(2)18-16(21)13-8-10-19(11-9-13)17(22)14-4-6-15(7-5-14)20(23)24/h4-7,12-13H,3,8-11H2,1-2H3,(H,18,21). The fourth-order valence-corrected chi connectivity index (χ4v) is 2.72. The lowest BCUT2D eigenvalue weighted by Gasteiger charge is -2.32. The van der Waals surface area contributed by atoms with Gasteiger partial charge in [-0.1, -0.05) is 6.92 Å². The molecular formula is C17H23N3O4. The number of piperidine rings is 1. The van der Waals surface area contributed by atoms with Gasteiger partial charge in [0.1, 0.15) is 0 Å². The van der Waals surface area contributed by atoms with E-state index in [9.17, 15) is 19.7 Å². The second-order valence-electron chi connectivity index (χ2n) is 6.19. The van der Waals surface area contributed by atoms with E-state index in [-0.39, 0.29) is 29.5 Å². The second-order valence-corrected chi connectivity index (χ2v) is 6.19. The predicted octanol–water partition coefficient (Wildman–Crippen LogP) is 2.36. The third kappa shape index (κ3) is 4.31. The van der Waals surface area contributed by atoms with Crippen molar-refractivity contribution in [2.45, 2.75) is 39.2 Å². The molecule has 1 aromatic rings. The summed E-state index contributed by atoms with van der Waals surface area (Å²) in [5.74, 6) is -0.141. The van der Waals surface area contributed by atoms with Crippen LogP contribution >= 0.6 is 0 Å². The molecule has 1 aliphatic rings. The Hall–Kier alpha value is -2.44. The number of hydrogen-bond donors (Lipinski definition) is 1. The van der Waals surface area contributed by atoms with E-state index in [1.165, 1.54) is 24.3 Å². The Morgan fingerprint density at radius 2 is 1.88 bits per heavy atom. The van der Waals surface area contributed by atoms with Gasteiger partial charge in [0.25, 0.3) is 11.6 Å². The molecule has 0 bridgehead atoms. The van der Waals surface area contributed by atoms with Gasteiger partial charge in [-0.15, -0.1) is 0 Å². The van der Waals surface area contributed by atoms with Gasteiger partial charge in [-0.05, 0) is 38.3 Å². The highest BCUT2D eigenvalue weighted by Crippen LogP contribution is 2.20. The highest BCUT2D eigenvalue weighted by molar-refractivity contribution is 5.94. The molecule has 1 saturated heterocycles. The predicted molar refractivity (Wildman–Crippen MR) is 89.6 cm³/mol. The number of carbonyl (C=O) groups excluding carboxylic acids is 2. The average molecular weight is 333 g/mol. The molecular weight excluding hydrogens is 310 g/mol. The van der Waals surface area contributed by atoms with Gasteiger partial charge in [0, 0.05) is 42.7 Å². The van der Waals surface area contributed by atoms with E-state index in [0.29, 0.717) is 31.5 Å². The van der Waals surface area contributed by atoms with Crippen molar-refractivity contribution in [1.82, 2.24) is 10.2 Å². The van der Waals surface area contributed by atoms with Crippen LogP contribution in [0.25, 0.3) is 0 Å². The maximum absolute atomic E-state index is 12.4. The van der Waals surface area contributed by atoms with Crippen LogP contribution in [-0.4, -0.2) is 40.8 Å². The van der Waals surface area contributed by atoms with Crippen molar-refractivity contribution >= 4 is 17.5 Å². The van der Waals surface area contributed by atoms with E-state index in [1.807, 2.05) is 13.8 Å². The summed E-state index contributed by atoms with van der Waals surface area (Å²) < 4.78 is 0. The van der Waals surface area contributed by atoms with Gasteiger partial charge in [0.05, 0.1) is 4.92 Å². The molecule has 2 amide bonds. The number of likely N-dealkylation sites (tertiary alicyclic amines) is 1. The molecule has 1 fully saturated rings. The van der Waals surface area contributed by atoms with Gasteiger partial charge in [0.2, 0.25) is 5.91 Å². The molecule has 1 N–H and O–H groups in total. The first-order valence-electron chi connectivity index (χ1n) is 8.26. The van der Waals surface area contributed by atoms with Gasteiger partial charge < -0.3 is 10.2 Å². The zero-order chi connectivity index (χ0) is 17.7. The molecule has 130 valence electrons. The number of nitrogens with zero attached hydrogens (tertiary/aromatic N) is 2. The van der Waals surface area contributed by atoms with Crippen molar-refractivity contribution in [1.29, 1.82) is 0 Å². The molecule has 7 heteroatoms. The van der Waals surface area contributed by atoms with Crippen LogP contribution in [0, 0.1) is 16.0 Å². The Balaban J connectivity index is 1.90. The number of non-ortho nitro benzene ring substituents is 1. The van der Waals surface area contributed by atoms with Gasteiger partial charge in [-0.2, -0.15) is 0 Å². The molecule has 0 aromatic heterocycles. The van der Waals surface area contributed by atoms with E-state index < -0.39 is 4.92 Å². The number of nitro groups is 1. The molecule has 0 aliphatic carbocycles. The van der Waals surface area contributed by atoms with E-state index in [1.54, 1.807) is 4.90 Å². The van der Waals surface area contributed by atoms with Crippen LogP contribution in [0.1, 0.15) is 43.5 Å². The monoisotopic (exact) mass is 333 g/mol. The summed E-state index contributed by atoms with van der Waals surface area (Å²) in [6, 6.07) is 5.78. The van der Waals surface area contributed by atoms with Crippen molar-refractivity contribution in [3.8, 4) is 0 Å². The minimum Gasteiger partial charge on any atom is -0.353 e. The summed E-state index contributed by atoms with van der Waals surface area (Å²) in [4.78, 5) is 36.4. The average Bonchev–Trinajstić information content (AvgIpc) is 2.61. The van der Waals surface area contributed by atoms with Crippen molar-refractivity contribution in [2.24, 2.45) is 5.92 Å². The molecule has 1 aromatic carbocycles. The Labute approximate surface area is 141 Å². The number of nitro benzene ring substituents is 1. The molecule has 0 spiro atoms. The van der Waals surface area contributed by atoms with Gasteiger partial charge in [0.15, 0.2) is 0 Å². The molecule has 1 unspecified atom stereocenters.